The first-order valence-electron chi connectivity index (χ1n) is 4.09. The Morgan fingerprint density at radius 3 is 2.43 bits per heavy atom. The minimum atomic E-state index is -1.56. The first kappa shape index (κ1) is 9.21. The zero-order valence-corrected chi connectivity index (χ0v) is 7.95. The van der Waals surface area contributed by atoms with E-state index >= 15 is 0 Å². The number of rotatable bonds is 3. The molecule has 2 rings (SSSR count). The summed E-state index contributed by atoms with van der Waals surface area (Å²) < 4.78 is 0. The SMILES string of the molecule is O=C(O)C1(C(=O)O)CC1c1cccs1. The van der Waals surface area contributed by atoms with Crippen LogP contribution in [-0.2, 0) is 9.59 Å². The molecule has 1 aromatic rings. The summed E-state index contributed by atoms with van der Waals surface area (Å²) in [4.78, 5) is 22.6. The molecule has 1 aromatic heterocycles. The average Bonchev–Trinajstić information content (AvgIpc) is 2.66. The fourth-order valence-electron chi connectivity index (χ4n) is 1.66. The van der Waals surface area contributed by atoms with E-state index in [1.165, 1.54) is 11.3 Å². The van der Waals surface area contributed by atoms with Crippen molar-refractivity contribution in [3.05, 3.63) is 22.4 Å². The maximum Gasteiger partial charge on any atom is 0.321 e. The van der Waals surface area contributed by atoms with Crippen molar-refractivity contribution >= 4 is 23.3 Å². The maximum atomic E-state index is 10.9. The minimum Gasteiger partial charge on any atom is -0.480 e. The summed E-state index contributed by atoms with van der Waals surface area (Å²) >= 11 is 1.40. The van der Waals surface area contributed by atoms with Crippen molar-refractivity contribution in [3.8, 4) is 0 Å². The van der Waals surface area contributed by atoms with Crippen LogP contribution in [0.3, 0.4) is 0 Å². The van der Waals surface area contributed by atoms with Crippen molar-refractivity contribution in [2.75, 3.05) is 0 Å². The molecule has 0 bridgehead atoms. The van der Waals surface area contributed by atoms with Crippen molar-refractivity contribution in [1.82, 2.24) is 0 Å². The van der Waals surface area contributed by atoms with Gasteiger partial charge in [-0.1, -0.05) is 6.07 Å². The van der Waals surface area contributed by atoms with Crippen molar-refractivity contribution in [2.24, 2.45) is 5.41 Å². The molecule has 5 heteroatoms. The first-order valence-corrected chi connectivity index (χ1v) is 4.97. The molecule has 1 unspecified atom stereocenters. The number of aliphatic carboxylic acids is 2. The lowest BCUT2D eigenvalue weighted by Crippen LogP contribution is -2.26. The molecule has 0 saturated heterocycles. The van der Waals surface area contributed by atoms with Crippen LogP contribution in [0.5, 0.6) is 0 Å². The summed E-state index contributed by atoms with van der Waals surface area (Å²) in [6.45, 7) is 0. The molecule has 2 N–H and O–H groups in total. The second-order valence-electron chi connectivity index (χ2n) is 3.35. The predicted molar refractivity (Wildman–Crippen MR) is 49.4 cm³/mol. The van der Waals surface area contributed by atoms with E-state index < -0.39 is 17.4 Å². The zero-order valence-electron chi connectivity index (χ0n) is 7.14. The van der Waals surface area contributed by atoms with Crippen molar-refractivity contribution < 1.29 is 19.8 Å². The monoisotopic (exact) mass is 212 g/mol. The van der Waals surface area contributed by atoms with Crippen LogP contribution in [0.4, 0.5) is 0 Å². The summed E-state index contributed by atoms with van der Waals surface area (Å²) in [6.07, 6.45) is 0.207. The summed E-state index contributed by atoms with van der Waals surface area (Å²) in [5.74, 6) is -2.82. The van der Waals surface area contributed by atoms with Gasteiger partial charge in [-0.05, 0) is 17.9 Å². The summed E-state index contributed by atoms with van der Waals surface area (Å²) in [5.41, 5.74) is -1.56. The van der Waals surface area contributed by atoms with Crippen molar-refractivity contribution in [2.45, 2.75) is 12.3 Å². The standard InChI is InChI=1S/C9H8O4S/c10-7(11)9(8(12)13)4-5(9)6-2-1-3-14-6/h1-3,5H,4H2,(H,10,11)(H,12,13). The quantitative estimate of drug-likeness (QED) is 0.742. The Labute approximate surface area is 83.8 Å². The highest BCUT2D eigenvalue weighted by molar-refractivity contribution is 7.10. The predicted octanol–water partition coefficient (Wildman–Crippen LogP) is 1.39. The van der Waals surface area contributed by atoms with Crippen molar-refractivity contribution in [1.29, 1.82) is 0 Å². The molecule has 1 fully saturated rings. The molecule has 1 aliphatic carbocycles. The van der Waals surface area contributed by atoms with Gasteiger partial charge in [0.15, 0.2) is 5.41 Å². The van der Waals surface area contributed by atoms with Gasteiger partial charge in [-0.25, -0.2) is 0 Å². The largest absolute Gasteiger partial charge is 0.480 e. The Kier molecular flexibility index (Phi) is 1.85. The van der Waals surface area contributed by atoms with E-state index in [1.807, 2.05) is 5.38 Å². The van der Waals surface area contributed by atoms with E-state index in [-0.39, 0.29) is 12.3 Å². The second kappa shape index (κ2) is 2.81. The minimum absolute atomic E-state index is 0.207. The van der Waals surface area contributed by atoms with Crippen LogP contribution in [0, 0.1) is 5.41 Å². The lowest BCUT2D eigenvalue weighted by molar-refractivity contribution is -0.157. The van der Waals surface area contributed by atoms with E-state index in [9.17, 15) is 9.59 Å². The van der Waals surface area contributed by atoms with Gasteiger partial charge < -0.3 is 10.2 Å². The third kappa shape index (κ3) is 1.05. The van der Waals surface area contributed by atoms with Gasteiger partial charge in [0.2, 0.25) is 0 Å². The maximum absolute atomic E-state index is 10.9. The average molecular weight is 212 g/mol. The number of carboxylic acid groups (broad SMARTS) is 2. The van der Waals surface area contributed by atoms with Crippen LogP contribution in [0.25, 0.3) is 0 Å². The Bertz CT molecular complexity index is 368. The molecule has 74 valence electrons. The van der Waals surface area contributed by atoms with Gasteiger partial charge in [-0.3, -0.25) is 9.59 Å². The van der Waals surface area contributed by atoms with Crippen LogP contribution in [0.1, 0.15) is 17.2 Å². The summed E-state index contributed by atoms with van der Waals surface area (Å²) in [5, 5.41) is 19.6. The van der Waals surface area contributed by atoms with Gasteiger partial charge in [0.25, 0.3) is 0 Å². The number of hydrogen-bond donors (Lipinski definition) is 2. The Hall–Kier alpha value is -1.36. The van der Waals surface area contributed by atoms with E-state index in [2.05, 4.69) is 0 Å². The number of carbonyl (C=O) groups is 2. The molecular weight excluding hydrogens is 204 g/mol. The molecule has 0 radical (unpaired) electrons. The van der Waals surface area contributed by atoms with E-state index in [4.69, 9.17) is 10.2 Å². The normalized spacial score (nSPS) is 23.0. The number of hydrogen-bond acceptors (Lipinski definition) is 3. The highest BCUT2D eigenvalue weighted by atomic mass is 32.1. The fraction of sp³-hybridized carbons (Fsp3) is 0.333. The van der Waals surface area contributed by atoms with Gasteiger partial charge in [-0.2, -0.15) is 0 Å². The Morgan fingerprint density at radius 2 is 2.07 bits per heavy atom. The molecular formula is C9H8O4S. The van der Waals surface area contributed by atoms with Gasteiger partial charge in [-0.15, -0.1) is 11.3 Å². The molecule has 4 nitrogen and oxygen atoms in total. The van der Waals surface area contributed by atoms with E-state index in [0.29, 0.717) is 0 Å². The van der Waals surface area contributed by atoms with E-state index in [0.717, 1.165) is 4.88 Å². The zero-order chi connectivity index (χ0) is 10.3. The fourth-order valence-corrected chi connectivity index (χ4v) is 2.58. The van der Waals surface area contributed by atoms with Crippen LogP contribution >= 0.6 is 11.3 Å². The number of carboxylic acids is 2. The molecule has 0 aliphatic heterocycles. The third-order valence-corrected chi connectivity index (χ3v) is 3.60. The van der Waals surface area contributed by atoms with Gasteiger partial charge in [0.1, 0.15) is 0 Å². The summed E-state index contributed by atoms with van der Waals surface area (Å²) in [7, 11) is 0. The lowest BCUT2D eigenvalue weighted by Gasteiger charge is -2.04. The van der Waals surface area contributed by atoms with Crippen molar-refractivity contribution in [3.63, 3.8) is 0 Å². The topological polar surface area (TPSA) is 74.6 Å². The molecule has 1 heterocycles. The Morgan fingerprint density at radius 1 is 1.43 bits per heavy atom. The highest BCUT2D eigenvalue weighted by Crippen LogP contribution is 2.60. The van der Waals surface area contributed by atoms with Crippen LogP contribution in [0.15, 0.2) is 17.5 Å². The first-order chi connectivity index (χ1) is 6.59. The smallest absolute Gasteiger partial charge is 0.321 e. The summed E-state index contributed by atoms with van der Waals surface area (Å²) in [6, 6.07) is 3.58. The van der Waals surface area contributed by atoms with E-state index in [1.54, 1.807) is 12.1 Å². The Balaban J connectivity index is 2.30. The molecule has 0 amide bonds. The van der Waals surface area contributed by atoms with Gasteiger partial charge in [0, 0.05) is 10.8 Å². The third-order valence-electron chi connectivity index (χ3n) is 2.61. The molecule has 0 spiro atoms. The van der Waals surface area contributed by atoms with Gasteiger partial charge in [0.05, 0.1) is 0 Å². The lowest BCUT2D eigenvalue weighted by atomic mass is 10.0. The highest BCUT2D eigenvalue weighted by Gasteiger charge is 2.67. The van der Waals surface area contributed by atoms with Crippen LogP contribution in [0.2, 0.25) is 0 Å². The molecule has 1 aliphatic rings. The molecule has 14 heavy (non-hydrogen) atoms. The molecule has 1 atom stereocenters. The van der Waals surface area contributed by atoms with Crippen LogP contribution < -0.4 is 0 Å². The molecule has 0 aromatic carbocycles. The van der Waals surface area contributed by atoms with Crippen LogP contribution in [-0.4, -0.2) is 22.2 Å². The van der Waals surface area contributed by atoms with Gasteiger partial charge >= 0.3 is 11.9 Å². The molecule has 1 saturated carbocycles. The number of thiophene rings is 1. The second-order valence-corrected chi connectivity index (χ2v) is 4.33.